The molecule has 0 unspecified atom stereocenters. The number of primary amides is 1. The van der Waals surface area contributed by atoms with Crippen LogP contribution in [0, 0.1) is 0 Å². The molecule has 0 spiro atoms. The van der Waals surface area contributed by atoms with E-state index < -0.39 is 18.2 Å². The number of imidazole rings is 1. The fourth-order valence-corrected chi connectivity index (χ4v) is 2.64. The van der Waals surface area contributed by atoms with E-state index in [0.717, 1.165) is 11.3 Å². The van der Waals surface area contributed by atoms with E-state index in [0.29, 0.717) is 18.7 Å². The van der Waals surface area contributed by atoms with Gasteiger partial charge < -0.3 is 20.4 Å². The molecule has 3 rings (SSSR count). The average Bonchev–Trinajstić information content (AvgIpc) is 2.96. The maximum Gasteiger partial charge on any atom is 0.252 e. The third-order valence-electron chi connectivity index (χ3n) is 3.87. The van der Waals surface area contributed by atoms with E-state index in [1.807, 2.05) is 17.8 Å². The van der Waals surface area contributed by atoms with Gasteiger partial charge in [0, 0.05) is 25.4 Å². The Kier molecular flexibility index (Phi) is 5.80. The zero-order valence-electron chi connectivity index (χ0n) is 13.2. The predicted molar refractivity (Wildman–Crippen MR) is 91.2 cm³/mol. The molecule has 8 heteroatoms. The van der Waals surface area contributed by atoms with Crippen LogP contribution in [-0.2, 0) is 7.05 Å². The molecule has 2 aromatic rings. The first-order valence-electron chi connectivity index (χ1n) is 7.48. The number of aromatic nitrogens is 2. The van der Waals surface area contributed by atoms with Crippen molar-refractivity contribution in [1.82, 2.24) is 14.9 Å². The monoisotopic (exact) mass is 354 g/mol. The Balaban J connectivity index is 0.00000208. The normalized spacial score (nSPS) is 20.2. The van der Waals surface area contributed by atoms with Crippen LogP contribution in [0.15, 0.2) is 30.7 Å². The van der Waals surface area contributed by atoms with E-state index in [4.69, 9.17) is 10.5 Å². The Morgan fingerprint density at radius 1 is 1.50 bits per heavy atom. The first kappa shape index (κ1) is 18.2. The minimum Gasteiger partial charge on any atom is -0.486 e. The predicted octanol–water partition coefficient (Wildman–Crippen LogP) is 1.69. The number of nitrogens with zero attached hydrogens (tertiary/aromatic N) is 2. The number of carbonyl (C=O) groups excluding carboxylic acids is 1. The molecule has 2 atom stereocenters. The summed E-state index contributed by atoms with van der Waals surface area (Å²) in [5.74, 6) is -0.297. The lowest BCUT2D eigenvalue weighted by Crippen LogP contribution is -2.44. The van der Waals surface area contributed by atoms with Crippen LogP contribution in [0.3, 0.4) is 0 Å². The molecule has 3 N–H and O–H groups in total. The summed E-state index contributed by atoms with van der Waals surface area (Å²) in [6, 6.07) is 5.07. The second-order valence-electron chi connectivity index (χ2n) is 5.66. The van der Waals surface area contributed by atoms with Gasteiger partial charge in [-0.15, -0.1) is 12.4 Å². The summed E-state index contributed by atoms with van der Waals surface area (Å²) in [5, 5.41) is 2.96. The number of aryl methyl sites for hydroxylation is 1. The van der Waals surface area contributed by atoms with E-state index in [-0.39, 0.29) is 24.5 Å². The number of benzene rings is 1. The third-order valence-corrected chi connectivity index (χ3v) is 3.87. The topological polar surface area (TPSA) is 82.2 Å². The molecule has 6 nitrogen and oxygen atoms in total. The van der Waals surface area contributed by atoms with Gasteiger partial charge in [-0.25, -0.2) is 9.37 Å². The molecular weight excluding hydrogens is 335 g/mol. The molecule has 2 heterocycles. The number of nitrogens with two attached hydrogens (primary N) is 1. The highest BCUT2D eigenvalue weighted by Gasteiger charge is 2.27. The first-order chi connectivity index (χ1) is 11.0. The summed E-state index contributed by atoms with van der Waals surface area (Å²) >= 11 is 0. The zero-order chi connectivity index (χ0) is 16.4. The van der Waals surface area contributed by atoms with Crippen molar-refractivity contribution in [1.29, 1.82) is 0 Å². The molecule has 1 amide bonds. The Morgan fingerprint density at radius 2 is 2.29 bits per heavy atom. The number of hydrogen-bond donors (Lipinski definition) is 2. The number of alkyl halides is 1. The van der Waals surface area contributed by atoms with Crippen LogP contribution in [0.4, 0.5) is 4.39 Å². The molecule has 1 saturated heterocycles. The number of ether oxygens (including phenoxy) is 1. The largest absolute Gasteiger partial charge is 0.486 e. The molecule has 0 saturated carbocycles. The maximum absolute atomic E-state index is 13.9. The standard InChI is InChI=1S/C16H19FN4O2.ClH/c1-21-8-13(20-9-21)10-2-3-14(11(6-10)16(18)22)23-15-4-5-19-7-12(15)17;/h2-3,6,8-9,12,15,19H,4-5,7H2,1H3,(H2,18,22);1H/t12-,15+;/m1./s1. The van der Waals surface area contributed by atoms with Gasteiger partial charge in [-0.1, -0.05) is 0 Å². The highest BCUT2D eigenvalue weighted by molar-refractivity contribution is 5.97. The summed E-state index contributed by atoms with van der Waals surface area (Å²) in [6.45, 7) is 0.936. The van der Waals surface area contributed by atoms with Gasteiger partial charge in [0.25, 0.3) is 5.91 Å². The van der Waals surface area contributed by atoms with Gasteiger partial charge >= 0.3 is 0 Å². The fourth-order valence-electron chi connectivity index (χ4n) is 2.64. The third kappa shape index (κ3) is 3.85. The molecule has 24 heavy (non-hydrogen) atoms. The Labute approximate surface area is 145 Å². The molecule has 130 valence electrons. The van der Waals surface area contributed by atoms with Crippen molar-refractivity contribution >= 4 is 18.3 Å². The van der Waals surface area contributed by atoms with Gasteiger partial charge in [0.1, 0.15) is 18.0 Å². The summed E-state index contributed by atoms with van der Waals surface area (Å²) in [4.78, 5) is 16.0. The number of hydrogen-bond acceptors (Lipinski definition) is 4. The van der Waals surface area contributed by atoms with Gasteiger partial charge in [-0.05, 0) is 31.2 Å². The summed E-state index contributed by atoms with van der Waals surface area (Å²) in [6.07, 6.45) is 2.37. The number of amides is 1. The highest BCUT2D eigenvalue weighted by atomic mass is 35.5. The van der Waals surface area contributed by atoms with Crippen molar-refractivity contribution in [2.75, 3.05) is 13.1 Å². The molecular formula is C16H20ClFN4O2. The van der Waals surface area contributed by atoms with Crippen LogP contribution in [0.2, 0.25) is 0 Å². The van der Waals surface area contributed by atoms with Crippen molar-refractivity contribution < 1.29 is 13.9 Å². The second kappa shape index (κ2) is 7.63. The fraction of sp³-hybridized carbons (Fsp3) is 0.375. The molecule has 1 aromatic carbocycles. The highest BCUT2D eigenvalue weighted by Crippen LogP contribution is 2.28. The maximum atomic E-state index is 13.9. The van der Waals surface area contributed by atoms with Gasteiger partial charge in [0.05, 0.1) is 17.6 Å². The minimum atomic E-state index is -1.11. The van der Waals surface area contributed by atoms with Crippen molar-refractivity contribution in [3.8, 4) is 17.0 Å². The lowest BCUT2D eigenvalue weighted by Gasteiger charge is -2.28. The van der Waals surface area contributed by atoms with E-state index in [2.05, 4.69) is 10.3 Å². The van der Waals surface area contributed by atoms with Crippen molar-refractivity contribution in [2.24, 2.45) is 12.8 Å². The average molecular weight is 355 g/mol. The molecule has 0 radical (unpaired) electrons. The van der Waals surface area contributed by atoms with E-state index in [9.17, 15) is 9.18 Å². The summed E-state index contributed by atoms with van der Waals surface area (Å²) in [5.41, 5.74) is 7.18. The van der Waals surface area contributed by atoms with Crippen LogP contribution in [0.5, 0.6) is 5.75 Å². The number of piperidine rings is 1. The lowest BCUT2D eigenvalue weighted by molar-refractivity contribution is 0.0713. The molecule has 1 aliphatic heterocycles. The first-order valence-corrected chi connectivity index (χ1v) is 7.48. The lowest BCUT2D eigenvalue weighted by atomic mass is 10.1. The number of halogens is 2. The SMILES string of the molecule is Cl.Cn1cnc(-c2ccc(O[C@H]3CCNC[C@H]3F)c(C(N)=O)c2)c1. The van der Waals surface area contributed by atoms with E-state index in [1.165, 1.54) is 0 Å². The smallest absolute Gasteiger partial charge is 0.252 e. The summed E-state index contributed by atoms with van der Waals surface area (Å²) in [7, 11) is 1.86. The van der Waals surface area contributed by atoms with Crippen molar-refractivity contribution in [3.05, 3.63) is 36.3 Å². The Bertz CT molecular complexity index is 722. The minimum absolute atomic E-state index is 0. The number of nitrogens with one attached hydrogen (secondary N) is 1. The Morgan fingerprint density at radius 3 is 2.92 bits per heavy atom. The quantitative estimate of drug-likeness (QED) is 0.875. The van der Waals surface area contributed by atoms with Gasteiger partial charge in [0.2, 0.25) is 0 Å². The van der Waals surface area contributed by atoms with Crippen LogP contribution in [0.1, 0.15) is 16.8 Å². The van der Waals surface area contributed by atoms with Crippen LogP contribution >= 0.6 is 12.4 Å². The van der Waals surface area contributed by atoms with Crippen LogP contribution in [0.25, 0.3) is 11.3 Å². The second-order valence-corrected chi connectivity index (χ2v) is 5.66. The number of carbonyl (C=O) groups is 1. The molecule has 1 fully saturated rings. The van der Waals surface area contributed by atoms with Crippen LogP contribution < -0.4 is 15.8 Å². The van der Waals surface area contributed by atoms with Crippen LogP contribution in [-0.4, -0.2) is 40.8 Å². The molecule has 1 aromatic heterocycles. The van der Waals surface area contributed by atoms with Crippen molar-refractivity contribution in [3.63, 3.8) is 0 Å². The van der Waals surface area contributed by atoms with Gasteiger partial charge in [-0.2, -0.15) is 0 Å². The zero-order valence-corrected chi connectivity index (χ0v) is 14.1. The van der Waals surface area contributed by atoms with E-state index >= 15 is 0 Å². The number of rotatable bonds is 4. The van der Waals surface area contributed by atoms with Gasteiger partial charge in [0.15, 0.2) is 0 Å². The van der Waals surface area contributed by atoms with E-state index in [1.54, 1.807) is 24.5 Å². The molecule has 0 bridgehead atoms. The molecule has 1 aliphatic rings. The summed E-state index contributed by atoms with van der Waals surface area (Å²) < 4.78 is 21.4. The van der Waals surface area contributed by atoms with Gasteiger partial charge in [-0.3, -0.25) is 4.79 Å². The molecule has 0 aliphatic carbocycles. The Hall–Kier alpha value is -2.12. The van der Waals surface area contributed by atoms with Crippen molar-refractivity contribution in [2.45, 2.75) is 18.7 Å².